The van der Waals surface area contributed by atoms with Crippen LogP contribution in [0.4, 0.5) is 13.2 Å². The Hall–Kier alpha value is -0.710. The molecule has 1 unspecified atom stereocenters. The Balaban J connectivity index is 2.48. The molecule has 0 saturated carbocycles. The first-order valence-corrected chi connectivity index (χ1v) is 7.23. The van der Waals surface area contributed by atoms with Crippen LogP contribution in [0.1, 0.15) is 21.5 Å². The molecule has 0 bridgehead atoms. The second kappa shape index (κ2) is 5.96. The standard InChI is InChI=1S/C14H8BrCl2F3/c15-13(8-5-6-11(16)12(17)7-8)9-3-1-2-4-10(9)14(18,19)20/h1-7,13H. The molecule has 0 saturated heterocycles. The van der Waals surface area contributed by atoms with Crippen LogP contribution < -0.4 is 0 Å². The van der Waals surface area contributed by atoms with Gasteiger partial charge in [-0.05, 0) is 29.3 Å². The molecule has 2 aromatic carbocycles. The lowest BCUT2D eigenvalue weighted by Crippen LogP contribution is -2.10. The van der Waals surface area contributed by atoms with Crippen molar-refractivity contribution < 1.29 is 13.2 Å². The molecule has 0 aliphatic heterocycles. The molecular formula is C14H8BrCl2F3. The van der Waals surface area contributed by atoms with Crippen molar-refractivity contribution in [2.75, 3.05) is 0 Å². The molecule has 20 heavy (non-hydrogen) atoms. The van der Waals surface area contributed by atoms with Gasteiger partial charge in [0.1, 0.15) is 0 Å². The first-order valence-electron chi connectivity index (χ1n) is 5.56. The van der Waals surface area contributed by atoms with E-state index in [9.17, 15) is 13.2 Å². The van der Waals surface area contributed by atoms with Crippen LogP contribution >= 0.6 is 39.1 Å². The molecule has 0 heterocycles. The van der Waals surface area contributed by atoms with Crippen molar-refractivity contribution in [2.24, 2.45) is 0 Å². The minimum Gasteiger partial charge on any atom is -0.166 e. The quantitative estimate of drug-likeness (QED) is 0.519. The van der Waals surface area contributed by atoms with Crippen LogP contribution in [0, 0.1) is 0 Å². The van der Waals surface area contributed by atoms with Crippen LogP contribution in [0.25, 0.3) is 0 Å². The maximum atomic E-state index is 13.0. The van der Waals surface area contributed by atoms with E-state index >= 15 is 0 Å². The molecular weight excluding hydrogens is 376 g/mol. The highest BCUT2D eigenvalue weighted by atomic mass is 79.9. The predicted octanol–water partition coefficient (Wildman–Crippen LogP) is 6.50. The van der Waals surface area contributed by atoms with Gasteiger partial charge in [0.15, 0.2) is 0 Å². The first-order chi connectivity index (χ1) is 9.30. The molecule has 0 spiro atoms. The molecule has 106 valence electrons. The monoisotopic (exact) mass is 382 g/mol. The normalized spacial score (nSPS) is 13.3. The van der Waals surface area contributed by atoms with Gasteiger partial charge in [0.05, 0.1) is 20.4 Å². The van der Waals surface area contributed by atoms with Gasteiger partial charge in [-0.1, -0.05) is 63.4 Å². The number of hydrogen-bond acceptors (Lipinski definition) is 0. The lowest BCUT2D eigenvalue weighted by atomic mass is 9.99. The number of halogens is 6. The molecule has 0 aliphatic carbocycles. The second-order valence-corrected chi connectivity index (χ2v) is 5.85. The second-order valence-electron chi connectivity index (χ2n) is 4.12. The highest BCUT2D eigenvalue weighted by Gasteiger charge is 2.34. The Morgan fingerprint density at radius 1 is 0.950 bits per heavy atom. The smallest absolute Gasteiger partial charge is 0.166 e. The Morgan fingerprint density at radius 2 is 1.60 bits per heavy atom. The molecule has 0 aliphatic rings. The summed E-state index contributed by atoms with van der Waals surface area (Å²) in [6, 6.07) is 10.2. The van der Waals surface area contributed by atoms with E-state index in [1.807, 2.05) is 0 Å². The van der Waals surface area contributed by atoms with Crippen molar-refractivity contribution in [3.05, 3.63) is 69.2 Å². The van der Waals surface area contributed by atoms with E-state index < -0.39 is 16.6 Å². The summed E-state index contributed by atoms with van der Waals surface area (Å²) in [6.45, 7) is 0. The summed E-state index contributed by atoms with van der Waals surface area (Å²) >= 11 is 15.0. The zero-order valence-corrected chi connectivity index (χ0v) is 13.0. The van der Waals surface area contributed by atoms with E-state index in [2.05, 4.69) is 15.9 Å². The Kier molecular flexibility index (Phi) is 4.67. The molecule has 1 atom stereocenters. The Morgan fingerprint density at radius 3 is 2.20 bits per heavy atom. The Bertz CT molecular complexity index is 626. The van der Waals surface area contributed by atoms with E-state index in [0.717, 1.165) is 6.07 Å². The van der Waals surface area contributed by atoms with Crippen LogP contribution in [-0.2, 0) is 6.18 Å². The number of alkyl halides is 4. The van der Waals surface area contributed by atoms with Gasteiger partial charge in [-0.2, -0.15) is 13.2 Å². The molecule has 0 nitrogen and oxygen atoms in total. The third-order valence-corrected chi connectivity index (χ3v) is 4.54. The van der Waals surface area contributed by atoms with Crippen LogP contribution in [0.3, 0.4) is 0 Å². The average Bonchev–Trinajstić information content (AvgIpc) is 2.40. The zero-order valence-electron chi connectivity index (χ0n) is 9.89. The van der Waals surface area contributed by atoms with Crippen LogP contribution in [-0.4, -0.2) is 0 Å². The lowest BCUT2D eigenvalue weighted by Gasteiger charge is -2.17. The minimum absolute atomic E-state index is 0.137. The molecule has 0 N–H and O–H groups in total. The zero-order chi connectivity index (χ0) is 14.9. The van der Waals surface area contributed by atoms with Crippen molar-refractivity contribution in [2.45, 2.75) is 11.0 Å². The molecule has 0 amide bonds. The van der Waals surface area contributed by atoms with Gasteiger partial charge in [-0.25, -0.2) is 0 Å². The topological polar surface area (TPSA) is 0 Å². The van der Waals surface area contributed by atoms with Gasteiger partial charge >= 0.3 is 6.18 Å². The van der Waals surface area contributed by atoms with Crippen molar-refractivity contribution in [1.82, 2.24) is 0 Å². The summed E-state index contributed by atoms with van der Waals surface area (Å²) in [5.41, 5.74) is 0.0717. The summed E-state index contributed by atoms with van der Waals surface area (Å²) < 4.78 is 39.0. The van der Waals surface area contributed by atoms with Gasteiger partial charge in [0, 0.05) is 0 Å². The number of rotatable bonds is 2. The molecule has 6 heteroatoms. The van der Waals surface area contributed by atoms with Gasteiger partial charge < -0.3 is 0 Å². The maximum Gasteiger partial charge on any atom is 0.416 e. The summed E-state index contributed by atoms with van der Waals surface area (Å²) in [5.74, 6) is 0. The third kappa shape index (κ3) is 3.30. The summed E-state index contributed by atoms with van der Waals surface area (Å²) in [7, 11) is 0. The van der Waals surface area contributed by atoms with E-state index in [0.29, 0.717) is 15.6 Å². The number of hydrogen-bond donors (Lipinski definition) is 0. The average molecular weight is 384 g/mol. The van der Waals surface area contributed by atoms with E-state index in [-0.39, 0.29) is 5.56 Å². The fraction of sp³-hybridized carbons (Fsp3) is 0.143. The summed E-state index contributed by atoms with van der Waals surface area (Å²) in [4.78, 5) is -0.616. The number of benzene rings is 2. The lowest BCUT2D eigenvalue weighted by molar-refractivity contribution is -0.138. The maximum absolute atomic E-state index is 13.0. The SMILES string of the molecule is FC(F)(F)c1ccccc1C(Br)c1ccc(Cl)c(Cl)c1. The van der Waals surface area contributed by atoms with Crippen molar-refractivity contribution >= 4 is 39.1 Å². The van der Waals surface area contributed by atoms with Crippen molar-refractivity contribution in [3.63, 3.8) is 0 Å². The highest BCUT2D eigenvalue weighted by Crippen LogP contribution is 2.41. The fourth-order valence-electron chi connectivity index (χ4n) is 1.83. The largest absolute Gasteiger partial charge is 0.416 e. The summed E-state index contributed by atoms with van der Waals surface area (Å²) in [5, 5.41) is 0.664. The van der Waals surface area contributed by atoms with Gasteiger partial charge in [-0.15, -0.1) is 0 Å². The molecule has 2 rings (SSSR count). The van der Waals surface area contributed by atoms with Gasteiger partial charge in [-0.3, -0.25) is 0 Å². The molecule has 0 aromatic heterocycles. The third-order valence-electron chi connectivity index (χ3n) is 2.78. The van der Waals surface area contributed by atoms with E-state index in [4.69, 9.17) is 23.2 Å². The minimum atomic E-state index is -4.40. The molecule has 0 radical (unpaired) electrons. The van der Waals surface area contributed by atoms with E-state index in [1.54, 1.807) is 24.3 Å². The Labute approximate surface area is 132 Å². The fourth-order valence-corrected chi connectivity index (χ4v) is 2.82. The summed E-state index contributed by atoms with van der Waals surface area (Å²) in [6.07, 6.45) is -4.40. The van der Waals surface area contributed by atoms with Crippen LogP contribution in [0.15, 0.2) is 42.5 Å². The highest BCUT2D eigenvalue weighted by molar-refractivity contribution is 9.09. The van der Waals surface area contributed by atoms with Gasteiger partial charge in [0.2, 0.25) is 0 Å². The molecule has 0 fully saturated rings. The van der Waals surface area contributed by atoms with Crippen molar-refractivity contribution in [3.8, 4) is 0 Å². The first kappa shape index (κ1) is 15.7. The predicted molar refractivity (Wildman–Crippen MR) is 78.7 cm³/mol. The molecule has 2 aromatic rings. The van der Waals surface area contributed by atoms with Crippen molar-refractivity contribution in [1.29, 1.82) is 0 Å². The van der Waals surface area contributed by atoms with Crippen LogP contribution in [0.5, 0.6) is 0 Å². The van der Waals surface area contributed by atoms with Gasteiger partial charge in [0.25, 0.3) is 0 Å². The van der Waals surface area contributed by atoms with E-state index in [1.165, 1.54) is 12.1 Å². The van der Waals surface area contributed by atoms with Crippen LogP contribution in [0.2, 0.25) is 10.0 Å².